The van der Waals surface area contributed by atoms with Gasteiger partial charge in [-0.05, 0) is 40.5 Å². The van der Waals surface area contributed by atoms with E-state index in [2.05, 4.69) is 56.3 Å². The van der Waals surface area contributed by atoms with Crippen molar-refractivity contribution in [2.24, 2.45) is 0 Å². The van der Waals surface area contributed by atoms with Crippen LogP contribution in [-0.4, -0.2) is 43.4 Å². The van der Waals surface area contributed by atoms with Gasteiger partial charge >= 0.3 is 0 Å². The third-order valence-corrected chi connectivity index (χ3v) is 7.10. The van der Waals surface area contributed by atoms with E-state index >= 15 is 0 Å². The van der Waals surface area contributed by atoms with Crippen molar-refractivity contribution in [1.82, 2.24) is 30.5 Å². The van der Waals surface area contributed by atoms with Crippen LogP contribution in [0.25, 0.3) is 10.9 Å². The van der Waals surface area contributed by atoms with Crippen LogP contribution in [0.2, 0.25) is 0 Å². The Kier molecular flexibility index (Phi) is 6.20. The molecule has 0 bridgehead atoms. The van der Waals surface area contributed by atoms with Gasteiger partial charge in [-0.25, -0.2) is 4.68 Å². The monoisotopic (exact) mass is 446 g/mol. The lowest BCUT2D eigenvalue weighted by molar-refractivity contribution is -0.118. The predicted molar refractivity (Wildman–Crippen MR) is 126 cm³/mol. The lowest BCUT2D eigenvalue weighted by Crippen LogP contribution is -2.30. The zero-order valence-electron chi connectivity index (χ0n) is 17.8. The second kappa shape index (κ2) is 9.56. The number of rotatable bonds is 8. The molecule has 0 saturated heterocycles. The van der Waals surface area contributed by atoms with Crippen molar-refractivity contribution >= 4 is 28.6 Å². The first-order valence-electron chi connectivity index (χ1n) is 11.1. The molecule has 1 unspecified atom stereocenters. The first-order valence-corrected chi connectivity index (χ1v) is 12.1. The van der Waals surface area contributed by atoms with Crippen molar-refractivity contribution in [1.29, 1.82) is 0 Å². The average molecular weight is 447 g/mol. The highest BCUT2D eigenvalue weighted by Crippen LogP contribution is 2.32. The van der Waals surface area contributed by atoms with Gasteiger partial charge in [0.25, 0.3) is 0 Å². The quantitative estimate of drug-likeness (QED) is 0.394. The number of amides is 1. The van der Waals surface area contributed by atoms with E-state index in [9.17, 15) is 4.79 Å². The summed E-state index contributed by atoms with van der Waals surface area (Å²) < 4.78 is 1.89. The predicted octanol–water partition coefficient (Wildman–Crippen LogP) is 4.31. The smallest absolute Gasteiger partial charge is 0.230 e. The third-order valence-electron chi connectivity index (χ3n) is 6.17. The standard InChI is InChI=1S/C24H26N6OS/c31-23(16-32-24-27-28-29-30(24)18-10-4-5-11-18)26-14-20(17-8-2-1-3-9-17)21-15-25-22-13-7-6-12-19(21)22/h1-3,6-9,12-13,15,18,20,25H,4-5,10-11,14,16H2,(H,26,31). The molecule has 5 rings (SSSR count). The lowest BCUT2D eigenvalue weighted by Gasteiger charge is -2.18. The number of hydrogen-bond acceptors (Lipinski definition) is 5. The minimum absolute atomic E-state index is 0.0169. The summed E-state index contributed by atoms with van der Waals surface area (Å²) in [7, 11) is 0. The molecule has 8 heteroatoms. The lowest BCUT2D eigenvalue weighted by atomic mass is 9.91. The summed E-state index contributed by atoms with van der Waals surface area (Å²) in [6.45, 7) is 0.527. The van der Waals surface area contributed by atoms with Crippen LogP contribution < -0.4 is 5.32 Å². The molecule has 1 amide bonds. The molecule has 2 aromatic carbocycles. The van der Waals surface area contributed by atoms with Gasteiger partial charge in [-0.2, -0.15) is 0 Å². The van der Waals surface area contributed by atoms with E-state index in [4.69, 9.17) is 0 Å². The van der Waals surface area contributed by atoms with E-state index in [1.165, 1.54) is 41.1 Å². The Balaban J connectivity index is 1.27. The first-order chi connectivity index (χ1) is 15.8. The molecule has 1 aliphatic carbocycles. The highest BCUT2D eigenvalue weighted by Gasteiger charge is 2.23. The number of benzene rings is 2. The van der Waals surface area contributed by atoms with Gasteiger partial charge < -0.3 is 10.3 Å². The van der Waals surface area contributed by atoms with E-state index in [0.717, 1.165) is 23.5 Å². The molecule has 1 atom stereocenters. The maximum Gasteiger partial charge on any atom is 0.230 e. The maximum atomic E-state index is 12.7. The molecule has 0 radical (unpaired) electrons. The summed E-state index contributed by atoms with van der Waals surface area (Å²) in [5.41, 5.74) is 3.46. The van der Waals surface area contributed by atoms with Crippen LogP contribution in [0.15, 0.2) is 66.0 Å². The summed E-state index contributed by atoms with van der Waals surface area (Å²) in [5, 5.41) is 17.2. The molecule has 1 aliphatic rings. The van der Waals surface area contributed by atoms with Gasteiger partial charge in [0, 0.05) is 29.6 Å². The number of tetrazole rings is 1. The van der Waals surface area contributed by atoms with Crippen molar-refractivity contribution in [2.75, 3.05) is 12.3 Å². The van der Waals surface area contributed by atoms with Gasteiger partial charge in [-0.15, -0.1) is 5.10 Å². The molecule has 0 aliphatic heterocycles. The molecule has 0 spiro atoms. The van der Waals surface area contributed by atoms with Crippen molar-refractivity contribution in [2.45, 2.75) is 42.8 Å². The molecular weight excluding hydrogens is 420 g/mol. The third kappa shape index (κ3) is 4.41. The number of para-hydroxylation sites is 1. The Hall–Kier alpha value is -3.13. The molecular formula is C24H26N6OS. The zero-order valence-corrected chi connectivity index (χ0v) is 18.6. The van der Waals surface area contributed by atoms with Crippen LogP contribution >= 0.6 is 11.8 Å². The normalized spacial score (nSPS) is 15.2. The number of aromatic nitrogens is 5. The molecule has 2 heterocycles. The highest BCUT2D eigenvalue weighted by atomic mass is 32.2. The molecule has 164 valence electrons. The zero-order chi connectivity index (χ0) is 21.8. The molecule has 1 fully saturated rings. The van der Waals surface area contributed by atoms with Gasteiger partial charge in [-0.1, -0.05) is 73.1 Å². The van der Waals surface area contributed by atoms with Crippen LogP contribution in [0.4, 0.5) is 0 Å². The van der Waals surface area contributed by atoms with Crippen molar-refractivity contribution < 1.29 is 4.79 Å². The molecule has 2 aromatic heterocycles. The van der Waals surface area contributed by atoms with Gasteiger partial charge in [0.2, 0.25) is 11.1 Å². The summed E-state index contributed by atoms with van der Waals surface area (Å²) in [6.07, 6.45) is 6.69. The maximum absolute atomic E-state index is 12.7. The van der Waals surface area contributed by atoms with Crippen molar-refractivity contribution in [3.8, 4) is 0 Å². The minimum Gasteiger partial charge on any atom is -0.361 e. The van der Waals surface area contributed by atoms with Crippen LogP contribution in [0.3, 0.4) is 0 Å². The number of H-pyrrole nitrogens is 1. The van der Waals surface area contributed by atoms with Crippen molar-refractivity contribution in [3.63, 3.8) is 0 Å². The number of nitrogens with zero attached hydrogens (tertiary/aromatic N) is 4. The van der Waals surface area contributed by atoms with E-state index in [1.807, 2.05) is 35.0 Å². The Bertz CT molecular complexity index is 1180. The number of nitrogens with one attached hydrogen (secondary N) is 2. The summed E-state index contributed by atoms with van der Waals surface area (Å²) >= 11 is 1.40. The first kappa shape index (κ1) is 20.8. The average Bonchev–Trinajstić information content (AvgIpc) is 3.59. The number of carbonyl (C=O) groups is 1. The molecule has 2 N–H and O–H groups in total. The van der Waals surface area contributed by atoms with Crippen LogP contribution in [0, 0.1) is 0 Å². The van der Waals surface area contributed by atoms with Gasteiger partial charge in [0.1, 0.15) is 0 Å². The number of aromatic amines is 1. The second-order valence-corrected chi connectivity index (χ2v) is 9.13. The SMILES string of the molecule is O=C(CSc1nnnn1C1CCCC1)NCC(c1ccccc1)c1c[nH]c2ccccc12. The Morgan fingerprint density at radius 3 is 2.75 bits per heavy atom. The summed E-state index contributed by atoms with van der Waals surface area (Å²) in [5.74, 6) is 0.338. The summed E-state index contributed by atoms with van der Waals surface area (Å²) in [6, 6.07) is 19.0. The molecule has 4 aromatic rings. The molecule has 1 saturated carbocycles. The van der Waals surface area contributed by atoms with Crippen LogP contribution in [0.1, 0.15) is 48.8 Å². The van der Waals surface area contributed by atoms with Gasteiger partial charge in [0.15, 0.2) is 0 Å². The largest absolute Gasteiger partial charge is 0.361 e. The van der Waals surface area contributed by atoms with E-state index in [0.29, 0.717) is 18.3 Å². The topological polar surface area (TPSA) is 88.5 Å². The van der Waals surface area contributed by atoms with Crippen LogP contribution in [-0.2, 0) is 4.79 Å². The van der Waals surface area contributed by atoms with E-state index in [-0.39, 0.29) is 11.8 Å². The fourth-order valence-corrected chi connectivity index (χ4v) is 5.30. The van der Waals surface area contributed by atoms with Gasteiger partial charge in [0.05, 0.1) is 11.8 Å². The number of hydrogen-bond donors (Lipinski definition) is 2. The minimum atomic E-state index is -0.0169. The number of fused-ring (bicyclic) bond motifs is 1. The van der Waals surface area contributed by atoms with E-state index in [1.54, 1.807) is 0 Å². The Labute approximate surface area is 191 Å². The van der Waals surface area contributed by atoms with Crippen molar-refractivity contribution in [3.05, 3.63) is 71.9 Å². The fraction of sp³-hybridized carbons (Fsp3) is 0.333. The number of carbonyl (C=O) groups excluding carboxylic acids is 1. The summed E-state index contributed by atoms with van der Waals surface area (Å²) in [4.78, 5) is 16.1. The number of thioether (sulfide) groups is 1. The second-order valence-electron chi connectivity index (χ2n) is 8.19. The molecule has 32 heavy (non-hydrogen) atoms. The van der Waals surface area contributed by atoms with E-state index < -0.39 is 0 Å². The highest BCUT2D eigenvalue weighted by molar-refractivity contribution is 7.99. The molecule has 7 nitrogen and oxygen atoms in total. The Morgan fingerprint density at radius 2 is 1.91 bits per heavy atom. The van der Waals surface area contributed by atoms with Gasteiger partial charge in [-0.3, -0.25) is 4.79 Å². The van der Waals surface area contributed by atoms with Crippen LogP contribution in [0.5, 0.6) is 0 Å². The fourth-order valence-electron chi connectivity index (χ4n) is 4.53. The Morgan fingerprint density at radius 1 is 1.12 bits per heavy atom.